The second-order valence-electron chi connectivity index (χ2n) is 4.80. The van der Waals surface area contributed by atoms with Crippen LogP contribution in [-0.4, -0.2) is 26.7 Å². The van der Waals surface area contributed by atoms with E-state index < -0.39 is 0 Å². The second-order valence-corrected chi connectivity index (χ2v) is 4.80. The first-order chi connectivity index (χ1) is 8.29. The number of hydrogen-bond acceptors (Lipinski definition) is 2. The molecule has 94 valence electrons. The molecule has 1 aliphatic heterocycles. The minimum atomic E-state index is -0.155. The number of rotatable bonds is 4. The zero-order valence-electron chi connectivity index (χ0n) is 10.5. The molecule has 1 fully saturated rings. The van der Waals surface area contributed by atoms with Crippen molar-refractivity contribution in [1.29, 1.82) is 0 Å². The van der Waals surface area contributed by atoms with Crippen LogP contribution in [0.2, 0.25) is 0 Å². The van der Waals surface area contributed by atoms with Gasteiger partial charge in [-0.25, -0.2) is 4.39 Å². The summed E-state index contributed by atoms with van der Waals surface area (Å²) in [4.78, 5) is 2.36. The molecule has 1 N–H and O–H groups in total. The van der Waals surface area contributed by atoms with Crippen LogP contribution in [0.3, 0.4) is 0 Å². The first-order valence-corrected chi connectivity index (χ1v) is 6.44. The largest absolute Gasteiger partial charge is 0.372 e. The summed E-state index contributed by atoms with van der Waals surface area (Å²) in [5, 5.41) is 3.21. The van der Waals surface area contributed by atoms with Crippen molar-refractivity contribution in [3.05, 3.63) is 30.1 Å². The van der Waals surface area contributed by atoms with E-state index in [4.69, 9.17) is 0 Å². The Kier molecular flexibility index (Phi) is 4.37. The Hall–Kier alpha value is -1.09. The fourth-order valence-corrected chi connectivity index (χ4v) is 2.48. The van der Waals surface area contributed by atoms with Gasteiger partial charge in [0.1, 0.15) is 5.82 Å². The maximum atomic E-state index is 12.8. The van der Waals surface area contributed by atoms with Gasteiger partial charge in [-0.15, -0.1) is 0 Å². The lowest BCUT2D eigenvalue weighted by Gasteiger charge is -2.33. The van der Waals surface area contributed by atoms with E-state index >= 15 is 0 Å². The van der Waals surface area contributed by atoms with E-state index in [1.54, 1.807) is 12.1 Å². The fraction of sp³-hybridized carbons (Fsp3) is 0.571. The number of benzene rings is 1. The van der Waals surface area contributed by atoms with Crippen LogP contribution >= 0.6 is 0 Å². The standard InChI is InChI=1S/C14H21FN2/c1-16-9-6-12-7-10-17(11-8-12)14-4-2-13(15)3-5-14/h2-5,12,16H,6-11H2,1H3. The van der Waals surface area contributed by atoms with Gasteiger partial charge in [0.2, 0.25) is 0 Å². The van der Waals surface area contributed by atoms with Crippen molar-refractivity contribution in [1.82, 2.24) is 5.32 Å². The van der Waals surface area contributed by atoms with Gasteiger partial charge >= 0.3 is 0 Å². The Morgan fingerprint density at radius 3 is 2.47 bits per heavy atom. The monoisotopic (exact) mass is 236 g/mol. The third-order valence-corrected chi connectivity index (χ3v) is 3.61. The average molecular weight is 236 g/mol. The molecule has 0 bridgehead atoms. The number of nitrogens with zero attached hydrogens (tertiary/aromatic N) is 1. The number of anilines is 1. The highest BCUT2D eigenvalue weighted by Gasteiger charge is 2.18. The van der Waals surface area contributed by atoms with E-state index in [1.165, 1.54) is 19.3 Å². The van der Waals surface area contributed by atoms with Crippen LogP contribution in [0.1, 0.15) is 19.3 Å². The van der Waals surface area contributed by atoms with Crippen LogP contribution in [0.25, 0.3) is 0 Å². The van der Waals surface area contributed by atoms with Gasteiger partial charge in [0.05, 0.1) is 0 Å². The highest BCUT2D eigenvalue weighted by molar-refractivity contribution is 5.46. The molecule has 2 nitrogen and oxygen atoms in total. The van der Waals surface area contributed by atoms with Gasteiger partial charge in [-0.3, -0.25) is 0 Å². The Labute approximate surface area is 103 Å². The minimum Gasteiger partial charge on any atom is -0.372 e. The van der Waals surface area contributed by atoms with Crippen molar-refractivity contribution in [3.63, 3.8) is 0 Å². The molecule has 3 heteroatoms. The molecule has 0 spiro atoms. The highest BCUT2D eigenvalue weighted by atomic mass is 19.1. The summed E-state index contributed by atoms with van der Waals surface area (Å²) in [6.45, 7) is 3.31. The Balaban J connectivity index is 1.84. The molecule has 1 aromatic rings. The lowest BCUT2D eigenvalue weighted by Crippen LogP contribution is -2.34. The number of piperidine rings is 1. The molecule has 17 heavy (non-hydrogen) atoms. The lowest BCUT2D eigenvalue weighted by atomic mass is 9.93. The number of nitrogens with one attached hydrogen (secondary N) is 1. The maximum Gasteiger partial charge on any atom is 0.123 e. The van der Waals surface area contributed by atoms with Crippen LogP contribution < -0.4 is 10.2 Å². The zero-order valence-corrected chi connectivity index (χ0v) is 10.5. The molecule has 0 aliphatic carbocycles. The molecular weight excluding hydrogens is 215 g/mol. The first-order valence-electron chi connectivity index (χ1n) is 6.44. The predicted octanol–water partition coefficient (Wildman–Crippen LogP) is 2.65. The molecule has 0 unspecified atom stereocenters. The molecule has 0 amide bonds. The van der Waals surface area contributed by atoms with E-state index in [-0.39, 0.29) is 5.82 Å². The predicted molar refractivity (Wildman–Crippen MR) is 69.9 cm³/mol. The summed E-state index contributed by atoms with van der Waals surface area (Å²) in [6, 6.07) is 6.84. The van der Waals surface area contributed by atoms with E-state index in [9.17, 15) is 4.39 Å². The summed E-state index contributed by atoms with van der Waals surface area (Å²) < 4.78 is 12.8. The fourth-order valence-electron chi connectivity index (χ4n) is 2.48. The second kappa shape index (κ2) is 6.01. The highest BCUT2D eigenvalue weighted by Crippen LogP contribution is 2.24. The van der Waals surface area contributed by atoms with Crippen LogP contribution in [0.4, 0.5) is 10.1 Å². The molecule has 0 aromatic heterocycles. The van der Waals surface area contributed by atoms with Crippen LogP contribution in [0.15, 0.2) is 24.3 Å². The van der Waals surface area contributed by atoms with Gasteiger partial charge in [-0.1, -0.05) is 0 Å². The summed E-state index contributed by atoms with van der Waals surface area (Å²) in [5.74, 6) is 0.691. The Morgan fingerprint density at radius 1 is 1.24 bits per heavy atom. The van der Waals surface area contributed by atoms with Gasteiger partial charge in [0.15, 0.2) is 0 Å². The molecule has 1 heterocycles. The zero-order chi connectivity index (χ0) is 12.1. The van der Waals surface area contributed by atoms with Crippen molar-refractivity contribution >= 4 is 5.69 Å². The Morgan fingerprint density at radius 2 is 1.88 bits per heavy atom. The van der Waals surface area contributed by atoms with Gasteiger partial charge in [0.25, 0.3) is 0 Å². The van der Waals surface area contributed by atoms with Crippen molar-refractivity contribution in [2.24, 2.45) is 5.92 Å². The van der Waals surface area contributed by atoms with Crippen molar-refractivity contribution in [2.45, 2.75) is 19.3 Å². The molecule has 0 atom stereocenters. The normalized spacial score (nSPS) is 17.4. The van der Waals surface area contributed by atoms with Gasteiger partial charge in [0, 0.05) is 18.8 Å². The van der Waals surface area contributed by atoms with E-state index in [1.807, 2.05) is 19.2 Å². The average Bonchev–Trinajstić information content (AvgIpc) is 2.38. The van der Waals surface area contributed by atoms with Crippen molar-refractivity contribution < 1.29 is 4.39 Å². The summed E-state index contributed by atoms with van der Waals surface area (Å²) in [6.07, 6.45) is 3.77. The third-order valence-electron chi connectivity index (χ3n) is 3.61. The maximum absolute atomic E-state index is 12.8. The molecule has 0 radical (unpaired) electrons. The van der Waals surface area contributed by atoms with Crippen LogP contribution in [0, 0.1) is 11.7 Å². The van der Waals surface area contributed by atoms with Crippen LogP contribution in [0.5, 0.6) is 0 Å². The van der Waals surface area contributed by atoms with E-state index in [0.29, 0.717) is 0 Å². The summed E-state index contributed by atoms with van der Waals surface area (Å²) in [7, 11) is 2.01. The minimum absolute atomic E-state index is 0.155. The van der Waals surface area contributed by atoms with E-state index in [0.717, 1.165) is 31.2 Å². The molecule has 1 aliphatic rings. The molecular formula is C14H21FN2. The molecule has 2 rings (SSSR count). The summed E-state index contributed by atoms with van der Waals surface area (Å²) in [5.41, 5.74) is 1.15. The topological polar surface area (TPSA) is 15.3 Å². The van der Waals surface area contributed by atoms with E-state index in [2.05, 4.69) is 10.2 Å². The molecule has 0 saturated carbocycles. The van der Waals surface area contributed by atoms with Gasteiger partial charge in [-0.05, 0) is 63.0 Å². The third kappa shape index (κ3) is 3.43. The van der Waals surface area contributed by atoms with Crippen LogP contribution in [-0.2, 0) is 0 Å². The number of halogens is 1. The van der Waals surface area contributed by atoms with Crippen molar-refractivity contribution in [2.75, 3.05) is 31.6 Å². The Bertz CT molecular complexity index is 329. The molecule has 1 aromatic carbocycles. The number of hydrogen-bond donors (Lipinski definition) is 1. The first kappa shape index (κ1) is 12.4. The quantitative estimate of drug-likeness (QED) is 0.864. The summed E-state index contributed by atoms with van der Waals surface area (Å²) >= 11 is 0. The van der Waals surface area contributed by atoms with Gasteiger partial charge in [-0.2, -0.15) is 0 Å². The van der Waals surface area contributed by atoms with Crippen molar-refractivity contribution in [3.8, 4) is 0 Å². The van der Waals surface area contributed by atoms with Gasteiger partial charge < -0.3 is 10.2 Å². The smallest absolute Gasteiger partial charge is 0.123 e. The lowest BCUT2D eigenvalue weighted by molar-refractivity contribution is 0.378. The SMILES string of the molecule is CNCCC1CCN(c2ccc(F)cc2)CC1. The molecule has 1 saturated heterocycles.